The fourth-order valence-corrected chi connectivity index (χ4v) is 4.22. The zero-order valence-electron chi connectivity index (χ0n) is 18.5. The van der Waals surface area contributed by atoms with Crippen LogP contribution in [0, 0.1) is 0 Å². The van der Waals surface area contributed by atoms with Crippen molar-refractivity contribution in [3.05, 3.63) is 55.0 Å². The lowest BCUT2D eigenvalue weighted by Crippen LogP contribution is -2.41. The Morgan fingerprint density at radius 1 is 0.938 bits per heavy atom. The minimum absolute atomic E-state index is 0.127. The molecule has 1 saturated carbocycles. The van der Waals surface area contributed by atoms with E-state index in [4.69, 9.17) is 18.9 Å². The predicted octanol–water partition coefficient (Wildman–Crippen LogP) is 4.33. The molecule has 1 aliphatic carbocycles. The van der Waals surface area contributed by atoms with Gasteiger partial charge in [-0.25, -0.2) is 4.98 Å². The number of fused-ring (bicyclic) bond motifs is 3. The maximum atomic E-state index is 6.00. The van der Waals surface area contributed by atoms with Gasteiger partial charge in [0.05, 0.1) is 18.2 Å². The molecule has 1 fully saturated rings. The fourth-order valence-electron chi connectivity index (χ4n) is 4.22. The molecule has 0 spiro atoms. The molecule has 4 aromatic rings. The summed E-state index contributed by atoms with van der Waals surface area (Å²) in [6.45, 7) is 0.425. The number of hydrogen-bond acceptors (Lipinski definition) is 6. The zero-order chi connectivity index (χ0) is 22.1. The standard InChI is InChI=1S/C25H27N3O4/c1-28-22-8-9-26-14-21(22)20-6-4-16(10-23(20)28)17-5-7-24(27-13-17)32-19-11-18(12-19)31-15-25(29-2)30-3/h4-10,13-14,18-19,25H,11-12,15H2,1-3H3/t18-,19-. The topological polar surface area (TPSA) is 67.6 Å². The van der Waals surface area contributed by atoms with E-state index >= 15 is 0 Å². The van der Waals surface area contributed by atoms with Crippen molar-refractivity contribution in [1.29, 1.82) is 0 Å². The molecule has 0 radical (unpaired) electrons. The van der Waals surface area contributed by atoms with Crippen LogP contribution in [0.5, 0.6) is 5.88 Å². The molecule has 1 aromatic carbocycles. The van der Waals surface area contributed by atoms with E-state index in [2.05, 4.69) is 45.8 Å². The molecule has 0 aliphatic heterocycles. The van der Waals surface area contributed by atoms with Gasteiger partial charge in [0, 0.05) is 80.6 Å². The number of rotatable bonds is 8. The summed E-state index contributed by atoms with van der Waals surface area (Å²) in [5, 5.41) is 2.37. The van der Waals surface area contributed by atoms with Gasteiger partial charge in [-0.3, -0.25) is 4.98 Å². The summed E-state index contributed by atoms with van der Waals surface area (Å²) >= 11 is 0. The fraction of sp³-hybridized carbons (Fsp3) is 0.360. The third-order valence-corrected chi connectivity index (χ3v) is 6.21. The van der Waals surface area contributed by atoms with Gasteiger partial charge in [0.15, 0.2) is 6.29 Å². The Bertz CT molecular complexity index is 1210. The molecular formula is C25H27N3O4. The van der Waals surface area contributed by atoms with E-state index in [-0.39, 0.29) is 18.5 Å². The second-order valence-electron chi connectivity index (χ2n) is 8.14. The SMILES string of the molecule is COC(CO[C@H]1C[C@H](Oc2ccc(-c3ccc4c5cnccc5n(C)c4c3)cn2)C1)OC. The third kappa shape index (κ3) is 3.95. The van der Waals surface area contributed by atoms with Crippen molar-refractivity contribution in [1.82, 2.24) is 14.5 Å². The Balaban J connectivity index is 1.23. The van der Waals surface area contributed by atoms with Crippen LogP contribution in [0.15, 0.2) is 55.0 Å². The van der Waals surface area contributed by atoms with Gasteiger partial charge in [0.2, 0.25) is 5.88 Å². The maximum absolute atomic E-state index is 6.00. The van der Waals surface area contributed by atoms with Crippen molar-refractivity contribution in [3.8, 4) is 17.0 Å². The average Bonchev–Trinajstić information content (AvgIpc) is 3.10. The van der Waals surface area contributed by atoms with Gasteiger partial charge in [-0.15, -0.1) is 0 Å². The van der Waals surface area contributed by atoms with Crippen molar-refractivity contribution >= 4 is 21.8 Å². The van der Waals surface area contributed by atoms with Crippen molar-refractivity contribution < 1.29 is 18.9 Å². The van der Waals surface area contributed by atoms with E-state index in [0.29, 0.717) is 12.5 Å². The lowest BCUT2D eigenvalue weighted by molar-refractivity contribution is -0.168. The molecule has 5 rings (SSSR count). The molecule has 32 heavy (non-hydrogen) atoms. The first-order valence-electron chi connectivity index (χ1n) is 10.8. The Hall–Kier alpha value is -3.00. The number of aromatic nitrogens is 3. The first-order chi connectivity index (χ1) is 15.7. The van der Waals surface area contributed by atoms with E-state index in [1.807, 2.05) is 30.7 Å². The first-order valence-corrected chi connectivity index (χ1v) is 10.8. The summed E-state index contributed by atoms with van der Waals surface area (Å²) in [5.74, 6) is 0.639. The number of hydrogen-bond donors (Lipinski definition) is 0. The highest BCUT2D eigenvalue weighted by Crippen LogP contribution is 2.32. The molecule has 166 valence electrons. The van der Waals surface area contributed by atoms with Crippen LogP contribution < -0.4 is 4.74 Å². The summed E-state index contributed by atoms with van der Waals surface area (Å²) in [6.07, 6.45) is 7.29. The number of aryl methyl sites for hydroxylation is 1. The normalized spacial score (nSPS) is 18.4. The smallest absolute Gasteiger partial charge is 0.213 e. The lowest BCUT2D eigenvalue weighted by atomic mass is 9.92. The summed E-state index contributed by atoms with van der Waals surface area (Å²) in [6, 6.07) is 12.5. The van der Waals surface area contributed by atoms with Crippen LogP contribution >= 0.6 is 0 Å². The van der Waals surface area contributed by atoms with Gasteiger partial charge in [-0.2, -0.15) is 0 Å². The van der Waals surface area contributed by atoms with Gasteiger partial charge in [-0.1, -0.05) is 12.1 Å². The molecular weight excluding hydrogens is 406 g/mol. The highest BCUT2D eigenvalue weighted by Gasteiger charge is 2.32. The Morgan fingerprint density at radius 3 is 2.50 bits per heavy atom. The van der Waals surface area contributed by atoms with Crippen LogP contribution in [0.4, 0.5) is 0 Å². The Labute approximate surface area is 186 Å². The molecule has 7 heteroatoms. The van der Waals surface area contributed by atoms with E-state index in [1.54, 1.807) is 14.2 Å². The van der Waals surface area contributed by atoms with Crippen LogP contribution in [0.1, 0.15) is 12.8 Å². The van der Waals surface area contributed by atoms with Crippen molar-refractivity contribution in [3.63, 3.8) is 0 Å². The molecule has 0 atom stereocenters. The van der Waals surface area contributed by atoms with Crippen LogP contribution in [0.3, 0.4) is 0 Å². The molecule has 0 bridgehead atoms. The van der Waals surface area contributed by atoms with Crippen LogP contribution in [-0.2, 0) is 21.3 Å². The zero-order valence-corrected chi connectivity index (χ0v) is 18.5. The predicted molar refractivity (Wildman–Crippen MR) is 123 cm³/mol. The van der Waals surface area contributed by atoms with Gasteiger partial charge in [0.1, 0.15) is 6.10 Å². The molecule has 7 nitrogen and oxygen atoms in total. The monoisotopic (exact) mass is 433 g/mol. The van der Waals surface area contributed by atoms with Crippen molar-refractivity contribution in [2.24, 2.45) is 7.05 Å². The summed E-state index contributed by atoms with van der Waals surface area (Å²) in [7, 11) is 5.30. The molecule has 1 aliphatic rings. The molecule has 3 aromatic heterocycles. The molecule has 0 N–H and O–H groups in total. The second-order valence-corrected chi connectivity index (χ2v) is 8.14. The lowest BCUT2D eigenvalue weighted by Gasteiger charge is -2.35. The average molecular weight is 434 g/mol. The third-order valence-electron chi connectivity index (χ3n) is 6.21. The van der Waals surface area contributed by atoms with E-state index in [9.17, 15) is 0 Å². The molecule has 0 amide bonds. The summed E-state index contributed by atoms with van der Waals surface area (Å²) < 4.78 is 24.3. The highest BCUT2D eigenvalue weighted by atomic mass is 16.7. The molecule has 0 saturated heterocycles. The Kier molecular flexibility index (Phi) is 5.78. The maximum Gasteiger partial charge on any atom is 0.213 e. The van der Waals surface area contributed by atoms with Crippen LogP contribution in [-0.4, -0.2) is 53.9 Å². The van der Waals surface area contributed by atoms with Crippen molar-refractivity contribution in [2.45, 2.75) is 31.3 Å². The molecule has 0 unspecified atom stereocenters. The van der Waals surface area contributed by atoms with E-state index in [1.165, 1.54) is 21.8 Å². The highest BCUT2D eigenvalue weighted by molar-refractivity contribution is 6.08. The first kappa shape index (κ1) is 20.9. The number of ether oxygens (including phenoxy) is 4. The minimum atomic E-state index is -0.325. The van der Waals surface area contributed by atoms with Gasteiger partial charge in [-0.05, 0) is 23.8 Å². The Morgan fingerprint density at radius 2 is 1.75 bits per heavy atom. The number of methoxy groups -OCH3 is 2. The van der Waals surface area contributed by atoms with Crippen LogP contribution in [0.2, 0.25) is 0 Å². The van der Waals surface area contributed by atoms with Gasteiger partial charge >= 0.3 is 0 Å². The van der Waals surface area contributed by atoms with Gasteiger partial charge < -0.3 is 23.5 Å². The number of pyridine rings is 2. The van der Waals surface area contributed by atoms with Crippen LogP contribution in [0.25, 0.3) is 32.9 Å². The molecule has 3 heterocycles. The van der Waals surface area contributed by atoms with E-state index in [0.717, 1.165) is 24.0 Å². The second kappa shape index (κ2) is 8.86. The minimum Gasteiger partial charge on any atom is -0.474 e. The number of benzene rings is 1. The summed E-state index contributed by atoms with van der Waals surface area (Å²) in [5.41, 5.74) is 4.54. The van der Waals surface area contributed by atoms with E-state index < -0.39 is 0 Å². The summed E-state index contributed by atoms with van der Waals surface area (Å²) in [4.78, 5) is 8.80. The van der Waals surface area contributed by atoms with Gasteiger partial charge in [0.25, 0.3) is 0 Å². The largest absolute Gasteiger partial charge is 0.474 e. The van der Waals surface area contributed by atoms with Crippen molar-refractivity contribution in [2.75, 3.05) is 20.8 Å². The quantitative estimate of drug-likeness (QED) is 0.385. The number of nitrogens with zero attached hydrogens (tertiary/aromatic N) is 3.